The van der Waals surface area contributed by atoms with E-state index >= 15 is 0 Å². The third-order valence-electron chi connectivity index (χ3n) is 10.8. The van der Waals surface area contributed by atoms with E-state index in [-0.39, 0.29) is 0 Å². The monoisotopic (exact) mass is 645 g/mol. The largest absolute Gasteiger partial charge is 0.309 e. The number of para-hydroxylation sites is 1. The second-order valence-corrected chi connectivity index (χ2v) is 13.4. The molecule has 0 amide bonds. The summed E-state index contributed by atoms with van der Waals surface area (Å²) in [6.07, 6.45) is 2.01. The van der Waals surface area contributed by atoms with E-state index in [0.29, 0.717) is 5.56 Å². The zero-order valence-corrected chi connectivity index (χ0v) is 27.4. The van der Waals surface area contributed by atoms with Crippen LogP contribution in [0.15, 0.2) is 164 Å². The summed E-state index contributed by atoms with van der Waals surface area (Å²) in [5, 5.41) is 22.0. The smallest absolute Gasteiger partial charge is 0.0998 e. The maximum absolute atomic E-state index is 9.99. The van der Waals surface area contributed by atoms with Crippen LogP contribution in [0.3, 0.4) is 0 Å². The fourth-order valence-corrected chi connectivity index (χ4v) is 8.57. The molecule has 3 nitrogen and oxygen atoms in total. The number of hydrogen-bond donors (Lipinski definition) is 0. The maximum Gasteiger partial charge on any atom is 0.0998 e. The lowest BCUT2D eigenvalue weighted by Crippen LogP contribution is -1.93. The van der Waals surface area contributed by atoms with Crippen molar-refractivity contribution in [3.63, 3.8) is 0 Å². The molecule has 0 atom stereocenters. The highest BCUT2D eigenvalue weighted by molar-refractivity contribution is 6.28. The van der Waals surface area contributed by atoms with Gasteiger partial charge in [-0.05, 0) is 90.8 Å². The molecule has 3 heteroatoms. The molecule has 0 unspecified atom stereocenters. The molecule has 0 saturated heterocycles. The first-order valence-corrected chi connectivity index (χ1v) is 17.3. The van der Waals surface area contributed by atoms with Crippen LogP contribution in [0.1, 0.15) is 5.56 Å². The fourth-order valence-electron chi connectivity index (χ4n) is 8.57. The van der Waals surface area contributed by atoms with Gasteiger partial charge in [-0.1, -0.05) is 121 Å². The number of rotatable bonds is 4. The highest BCUT2D eigenvalue weighted by atomic mass is 15.0. The van der Waals surface area contributed by atoms with Gasteiger partial charge in [0.25, 0.3) is 0 Å². The Balaban J connectivity index is 1.08. The predicted molar refractivity (Wildman–Crippen MR) is 212 cm³/mol. The first-order chi connectivity index (χ1) is 25.3. The highest BCUT2D eigenvalue weighted by Crippen LogP contribution is 2.45. The minimum atomic E-state index is 0.692. The number of nitriles is 1. The molecule has 0 N–H and O–H groups in total. The van der Waals surface area contributed by atoms with Crippen molar-refractivity contribution in [2.75, 3.05) is 0 Å². The van der Waals surface area contributed by atoms with Crippen LogP contribution in [0.5, 0.6) is 0 Å². The molecule has 0 aliphatic rings. The van der Waals surface area contributed by atoms with E-state index in [1.165, 1.54) is 48.8 Å². The van der Waals surface area contributed by atoms with Gasteiger partial charge in [0.1, 0.15) is 0 Å². The summed E-state index contributed by atoms with van der Waals surface area (Å²) in [5.41, 5.74) is 10.8. The molecule has 2 aromatic heterocycles. The summed E-state index contributed by atoms with van der Waals surface area (Å²) >= 11 is 0. The van der Waals surface area contributed by atoms with E-state index in [1.54, 1.807) is 0 Å². The van der Waals surface area contributed by atoms with Gasteiger partial charge in [-0.2, -0.15) is 5.26 Å². The summed E-state index contributed by atoms with van der Waals surface area (Å²) in [6, 6.07) is 58.6. The number of aromatic nitrogens is 2. The fraction of sp³-hybridized carbons (Fsp3) is 0. The van der Waals surface area contributed by atoms with Crippen molar-refractivity contribution in [2.24, 2.45) is 0 Å². The van der Waals surface area contributed by atoms with E-state index in [1.807, 2.05) is 18.3 Å². The van der Waals surface area contributed by atoms with Crippen LogP contribution in [0.25, 0.3) is 104 Å². The van der Waals surface area contributed by atoms with Crippen LogP contribution >= 0.6 is 0 Å². The van der Waals surface area contributed by atoms with Crippen molar-refractivity contribution < 1.29 is 0 Å². The molecule has 51 heavy (non-hydrogen) atoms. The van der Waals surface area contributed by atoms with Crippen molar-refractivity contribution in [1.29, 1.82) is 5.26 Å². The molecule has 234 valence electrons. The third kappa shape index (κ3) is 3.90. The number of benzene rings is 9. The van der Waals surface area contributed by atoms with E-state index in [4.69, 9.17) is 4.98 Å². The van der Waals surface area contributed by atoms with E-state index in [2.05, 4.69) is 156 Å². The van der Waals surface area contributed by atoms with Crippen LogP contribution in [0.4, 0.5) is 0 Å². The lowest BCUT2D eigenvalue weighted by molar-refractivity contribution is 1.18. The predicted octanol–water partition coefficient (Wildman–Crippen LogP) is 12.5. The number of pyridine rings is 1. The summed E-state index contributed by atoms with van der Waals surface area (Å²) < 4.78 is 2.31. The second-order valence-electron chi connectivity index (χ2n) is 13.4. The first kappa shape index (κ1) is 27.9. The Morgan fingerprint density at radius 2 is 0.980 bits per heavy atom. The Labute approximate surface area is 293 Å². The molecule has 0 radical (unpaired) electrons. The lowest BCUT2D eigenvalue weighted by Gasteiger charge is -2.16. The quantitative estimate of drug-likeness (QED) is 0.179. The van der Waals surface area contributed by atoms with E-state index in [9.17, 15) is 5.26 Å². The minimum absolute atomic E-state index is 0.692. The summed E-state index contributed by atoms with van der Waals surface area (Å²) in [5.74, 6) is 0. The van der Waals surface area contributed by atoms with E-state index < -0.39 is 0 Å². The Morgan fingerprint density at radius 1 is 0.431 bits per heavy atom. The van der Waals surface area contributed by atoms with Crippen LogP contribution in [-0.4, -0.2) is 9.55 Å². The summed E-state index contributed by atoms with van der Waals surface area (Å²) in [7, 11) is 0. The van der Waals surface area contributed by atoms with Gasteiger partial charge in [0.05, 0.1) is 28.4 Å². The molecule has 0 bridgehead atoms. The van der Waals surface area contributed by atoms with Crippen molar-refractivity contribution in [3.05, 3.63) is 169 Å². The van der Waals surface area contributed by atoms with Gasteiger partial charge in [-0.15, -0.1) is 0 Å². The molecule has 0 aliphatic heterocycles. The first-order valence-electron chi connectivity index (χ1n) is 17.3. The lowest BCUT2D eigenvalue weighted by atomic mass is 9.88. The topological polar surface area (TPSA) is 41.6 Å². The molecular weight excluding hydrogens is 619 g/mol. The van der Waals surface area contributed by atoms with Crippen LogP contribution < -0.4 is 0 Å². The van der Waals surface area contributed by atoms with Gasteiger partial charge in [0.15, 0.2) is 0 Å². The number of nitrogens with zero attached hydrogens (tertiary/aromatic N) is 3. The van der Waals surface area contributed by atoms with Crippen molar-refractivity contribution in [1.82, 2.24) is 9.55 Å². The van der Waals surface area contributed by atoms with Crippen LogP contribution in [-0.2, 0) is 0 Å². The Morgan fingerprint density at radius 3 is 1.69 bits per heavy atom. The summed E-state index contributed by atoms with van der Waals surface area (Å²) in [4.78, 5) is 5.11. The maximum atomic E-state index is 9.99. The van der Waals surface area contributed by atoms with E-state index in [0.717, 1.165) is 55.3 Å². The molecule has 11 rings (SSSR count). The average Bonchev–Trinajstić information content (AvgIpc) is 3.55. The highest BCUT2D eigenvalue weighted by Gasteiger charge is 2.21. The van der Waals surface area contributed by atoms with Gasteiger partial charge in [0.2, 0.25) is 0 Å². The normalized spacial score (nSPS) is 11.9. The Kier molecular flexibility index (Phi) is 5.73. The van der Waals surface area contributed by atoms with Crippen molar-refractivity contribution >= 4 is 64.9 Å². The molecule has 0 spiro atoms. The van der Waals surface area contributed by atoms with Gasteiger partial charge in [-0.3, -0.25) is 4.98 Å². The van der Waals surface area contributed by atoms with Gasteiger partial charge in [-0.25, -0.2) is 0 Å². The zero-order chi connectivity index (χ0) is 33.6. The molecule has 9 aromatic carbocycles. The zero-order valence-electron chi connectivity index (χ0n) is 27.4. The molecular formula is C48H27N3. The molecule has 0 aliphatic carbocycles. The minimum Gasteiger partial charge on any atom is -0.309 e. The van der Waals surface area contributed by atoms with Crippen molar-refractivity contribution in [2.45, 2.75) is 0 Å². The molecule has 11 aromatic rings. The van der Waals surface area contributed by atoms with Gasteiger partial charge >= 0.3 is 0 Å². The Hall–Kier alpha value is -7.02. The molecule has 0 fully saturated rings. The van der Waals surface area contributed by atoms with Crippen LogP contribution in [0.2, 0.25) is 0 Å². The summed E-state index contributed by atoms with van der Waals surface area (Å²) in [6.45, 7) is 0. The average molecular weight is 646 g/mol. The van der Waals surface area contributed by atoms with Crippen LogP contribution in [0, 0.1) is 11.3 Å². The van der Waals surface area contributed by atoms with Gasteiger partial charge in [0, 0.05) is 39.2 Å². The number of hydrogen-bond acceptors (Lipinski definition) is 2. The Bertz CT molecular complexity index is 3170. The van der Waals surface area contributed by atoms with Gasteiger partial charge < -0.3 is 4.57 Å². The molecule has 0 saturated carbocycles. The standard InChI is InChI=1S/C48H27N3/c49-27-32-16-25-43-47-37(32)21-22-40-36(23-26-44(48(40)47)51(43)34-9-5-2-6-10-34)33-15-24-42(50-28-33)38-18-12-31-13-19-39-35(29-7-3-1-4-8-29)17-11-30-14-20-41(38)46(31)45(30)39/h1-26,28H. The second kappa shape index (κ2) is 10.5. The van der Waals surface area contributed by atoms with Crippen molar-refractivity contribution in [3.8, 4) is 45.3 Å². The SMILES string of the molecule is N#Cc1ccc2c3c1ccc1c(-c4ccc(-c5ccc6ccc7c(-c8ccccc8)ccc8ccc5c6c87)nc4)ccc(c13)n2-c1ccccc1. The molecule has 2 heterocycles. The third-order valence-corrected chi connectivity index (χ3v) is 10.8.